The zero-order valence-electron chi connectivity index (χ0n) is 8.42. The van der Waals surface area contributed by atoms with Gasteiger partial charge in [-0.05, 0) is 37.5 Å². The maximum Gasteiger partial charge on any atom is 0.407 e. The van der Waals surface area contributed by atoms with Crippen LogP contribution in [0.25, 0.3) is 0 Å². The lowest BCUT2D eigenvalue weighted by Gasteiger charge is -2.36. The number of nitrogens with one attached hydrogen (secondary N) is 1. The van der Waals surface area contributed by atoms with Gasteiger partial charge in [-0.15, -0.1) is 0 Å². The van der Waals surface area contributed by atoms with E-state index >= 15 is 0 Å². The number of ether oxygens (including phenoxy) is 1. The van der Waals surface area contributed by atoms with E-state index in [9.17, 15) is 4.79 Å². The molecule has 0 radical (unpaired) electrons. The molecule has 2 atom stereocenters. The van der Waals surface area contributed by atoms with E-state index in [0.717, 1.165) is 24.7 Å². The van der Waals surface area contributed by atoms with Crippen molar-refractivity contribution in [2.24, 2.45) is 11.8 Å². The molecule has 1 amide bonds. The molecule has 1 saturated heterocycles. The molecule has 3 rings (SSSR count). The Bertz CT molecular complexity index is 262. The fourth-order valence-electron chi connectivity index (χ4n) is 3.12. The van der Waals surface area contributed by atoms with Crippen molar-refractivity contribution >= 4 is 6.09 Å². The normalized spacial score (nSPS) is 42.3. The number of alkyl carbamates (subject to hydrolysis) is 1. The van der Waals surface area contributed by atoms with Crippen LogP contribution in [0.4, 0.5) is 4.79 Å². The molecule has 2 saturated carbocycles. The van der Waals surface area contributed by atoms with Crippen molar-refractivity contribution in [1.82, 2.24) is 5.32 Å². The van der Waals surface area contributed by atoms with Crippen molar-refractivity contribution in [3.8, 4) is 0 Å². The molecule has 3 fully saturated rings. The molecular formula is C11H17NO2. The van der Waals surface area contributed by atoms with E-state index in [2.05, 4.69) is 5.32 Å². The highest BCUT2D eigenvalue weighted by Gasteiger charge is 2.46. The van der Waals surface area contributed by atoms with Gasteiger partial charge in [0.2, 0.25) is 0 Å². The summed E-state index contributed by atoms with van der Waals surface area (Å²) in [5.41, 5.74) is 0.0165. The Balaban J connectivity index is 1.70. The molecule has 2 aliphatic carbocycles. The van der Waals surface area contributed by atoms with Crippen molar-refractivity contribution in [2.75, 3.05) is 6.61 Å². The number of amides is 1. The molecule has 2 unspecified atom stereocenters. The first-order valence-corrected chi connectivity index (χ1v) is 5.72. The first-order chi connectivity index (χ1) is 6.77. The van der Waals surface area contributed by atoms with Crippen molar-refractivity contribution < 1.29 is 9.53 Å². The van der Waals surface area contributed by atoms with Crippen LogP contribution < -0.4 is 5.32 Å². The molecular weight excluding hydrogens is 178 g/mol. The predicted octanol–water partition coefficient (Wildman–Crippen LogP) is 2.07. The van der Waals surface area contributed by atoms with Crippen LogP contribution in [0.1, 0.15) is 38.5 Å². The quantitative estimate of drug-likeness (QED) is 0.695. The van der Waals surface area contributed by atoms with Gasteiger partial charge in [0.05, 0.1) is 5.54 Å². The molecule has 1 heterocycles. The standard InChI is InChI=1S/C11H17NO2/c13-10-12-11(7-14-10)5-1-2-9(6-11)8-3-4-8/h8-9H,1-7H2,(H,12,13). The lowest BCUT2D eigenvalue weighted by atomic mass is 9.74. The van der Waals surface area contributed by atoms with E-state index in [-0.39, 0.29) is 11.6 Å². The Morgan fingerprint density at radius 1 is 1.29 bits per heavy atom. The minimum atomic E-state index is -0.207. The molecule has 1 N–H and O–H groups in total. The monoisotopic (exact) mass is 195 g/mol. The zero-order valence-corrected chi connectivity index (χ0v) is 8.42. The minimum Gasteiger partial charge on any atom is -0.447 e. The van der Waals surface area contributed by atoms with Crippen LogP contribution in [-0.2, 0) is 4.74 Å². The lowest BCUT2D eigenvalue weighted by molar-refractivity contribution is 0.146. The van der Waals surface area contributed by atoms with Gasteiger partial charge in [0.1, 0.15) is 6.61 Å². The molecule has 0 aromatic carbocycles. The molecule has 78 valence electrons. The largest absolute Gasteiger partial charge is 0.447 e. The van der Waals surface area contributed by atoms with Gasteiger partial charge in [-0.25, -0.2) is 4.79 Å². The van der Waals surface area contributed by atoms with Crippen LogP contribution in [0.15, 0.2) is 0 Å². The number of carbonyl (C=O) groups is 1. The van der Waals surface area contributed by atoms with Crippen LogP contribution in [0.2, 0.25) is 0 Å². The van der Waals surface area contributed by atoms with Crippen molar-refractivity contribution in [3.05, 3.63) is 0 Å². The van der Waals surface area contributed by atoms with Crippen LogP contribution in [0.5, 0.6) is 0 Å². The maximum atomic E-state index is 11.1. The second-order valence-corrected chi connectivity index (χ2v) is 5.18. The Hall–Kier alpha value is -0.730. The minimum absolute atomic E-state index is 0.0165. The highest BCUT2D eigenvalue weighted by molar-refractivity contribution is 5.70. The van der Waals surface area contributed by atoms with Crippen LogP contribution in [0.3, 0.4) is 0 Å². The Morgan fingerprint density at radius 3 is 2.79 bits per heavy atom. The summed E-state index contributed by atoms with van der Waals surface area (Å²) >= 11 is 0. The summed E-state index contributed by atoms with van der Waals surface area (Å²) in [6, 6.07) is 0. The Labute approximate surface area is 84.2 Å². The van der Waals surface area contributed by atoms with Crippen molar-refractivity contribution in [1.29, 1.82) is 0 Å². The van der Waals surface area contributed by atoms with E-state index in [0.29, 0.717) is 6.61 Å². The van der Waals surface area contributed by atoms with Gasteiger partial charge in [0.15, 0.2) is 0 Å². The molecule has 3 nitrogen and oxygen atoms in total. The van der Waals surface area contributed by atoms with Gasteiger partial charge in [-0.1, -0.05) is 12.8 Å². The molecule has 1 aliphatic heterocycles. The van der Waals surface area contributed by atoms with Crippen LogP contribution in [0, 0.1) is 11.8 Å². The van der Waals surface area contributed by atoms with Crippen molar-refractivity contribution in [3.63, 3.8) is 0 Å². The van der Waals surface area contributed by atoms with Crippen LogP contribution >= 0.6 is 0 Å². The Kier molecular flexibility index (Phi) is 1.76. The molecule has 0 aromatic heterocycles. The summed E-state index contributed by atoms with van der Waals surface area (Å²) in [6.07, 6.45) is 7.50. The number of cyclic esters (lactones) is 1. The first kappa shape index (κ1) is 8.57. The van der Waals surface area contributed by atoms with Gasteiger partial charge >= 0.3 is 6.09 Å². The highest BCUT2D eigenvalue weighted by atomic mass is 16.6. The van der Waals surface area contributed by atoms with Gasteiger partial charge in [0.25, 0.3) is 0 Å². The summed E-state index contributed by atoms with van der Waals surface area (Å²) in [5, 5.41) is 3.02. The molecule has 14 heavy (non-hydrogen) atoms. The summed E-state index contributed by atoms with van der Waals surface area (Å²) in [6.45, 7) is 0.606. The lowest BCUT2D eigenvalue weighted by Crippen LogP contribution is -2.47. The molecule has 0 bridgehead atoms. The topological polar surface area (TPSA) is 38.3 Å². The molecule has 3 aliphatic rings. The van der Waals surface area contributed by atoms with Gasteiger partial charge < -0.3 is 10.1 Å². The predicted molar refractivity (Wildman–Crippen MR) is 51.9 cm³/mol. The van der Waals surface area contributed by atoms with E-state index in [1.807, 2.05) is 0 Å². The van der Waals surface area contributed by atoms with E-state index < -0.39 is 0 Å². The average Bonchev–Trinajstić information content (AvgIpc) is 2.95. The molecule has 0 aromatic rings. The van der Waals surface area contributed by atoms with Gasteiger partial charge in [-0.3, -0.25) is 0 Å². The van der Waals surface area contributed by atoms with Crippen LogP contribution in [-0.4, -0.2) is 18.2 Å². The highest BCUT2D eigenvalue weighted by Crippen LogP contribution is 2.47. The number of rotatable bonds is 1. The third-order valence-electron chi connectivity index (χ3n) is 4.02. The zero-order chi connectivity index (χ0) is 9.60. The third kappa shape index (κ3) is 1.39. The first-order valence-electron chi connectivity index (χ1n) is 5.72. The fourth-order valence-corrected chi connectivity index (χ4v) is 3.12. The molecule has 1 spiro atoms. The maximum absolute atomic E-state index is 11.1. The van der Waals surface area contributed by atoms with Gasteiger partial charge in [0, 0.05) is 0 Å². The Morgan fingerprint density at radius 2 is 2.14 bits per heavy atom. The molecule has 3 heteroatoms. The van der Waals surface area contributed by atoms with E-state index in [1.54, 1.807) is 0 Å². The third-order valence-corrected chi connectivity index (χ3v) is 4.02. The smallest absolute Gasteiger partial charge is 0.407 e. The van der Waals surface area contributed by atoms with Crippen molar-refractivity contribution in [2.45, 2.75) is 44.1 Å². The summed E-state index contributed by atoms with van der Waals surface area (Å²) < 4.78 is 5.04. The summed E-state index contributed by atoms with van der Waals surface area (Å²) in [7, 11) is 0. The summed E-state index contributed by atoms with van der Waals surface area (Å²) in [5.74, 6) is 1.82. The second kappa shape index (κ2) is 2.88. The number of hydrogen-bond acceptors (Lipinski definition) is 2. The van der Waals surface area contributed by atoms with E-state index in [1.165, 1.54) is 25.7 Å². The SMILES string of the molecule is O=C1NC2(CCCC(C3CC3)C2)CO1. The van der Waals surface area contributed by atoms with Gasteiger partial charge in [-0.2, -0.15) is 0 Å². The second-order valence-electron chi connectivity index (χ2n) is 5.18. The number of hydrogen-bond donors (Lipinski definition) is 1. The summed E-state index contributed by atoms with van der Waals surface area (Å²) in [4.78, 5) is 11.1. The number of carbonyl (C=O) groups excluding carboxylic acids is 1. The fraction of sp³-hybridized carbons (Fsp3) is 0.909. The van der Waals surface area contributed by atoms with E-state index in [4.69, 9.17) is 4.74 Å². The average molecular weight is 195 g/mol.